The first kappa shape index (κ1) is 9.49. The first-order valence-corrected chi connectivity index (χ1v) is 6.09. The molecule has 3 aromatic heterocycles. The van der Waals surface area contributed by atoms with Gasteiger partial charge in [0.1, 0.15) is 0 Å². The van der Waals surface area contributed by atoms with Gasteiger partial charge in [-0.3, -0.25) is 10.1 Å². The molecule has 0 unspecified atom stereocenters. The zero-order valence-corrected chi connectivity index (χ0v) is 9.38. The van der Waals surface area contributed by atoms with Crippen molar-refractivity contribution in [2.45, 2.75) is 0 Å². The topological polar surface area (TPSA) is 70.1 Å². The summed E-state index contributed by atoms with van der Waals surface area (Å²) < 4.78 is 0.763. The first-order chi connectivity index (χ1) is 7.68. The highest BCUT2D eigenvalue weighted by molar-refractivity contribution is 7.17. The van der Waals surface area contributed by atoms with E-state index < -0.39 is 4.92 Å². The SMILES string of the molecule is O=[N+]([O-])c1scc2c[n+]([O-])c3sccc3c12. The molecule has 3 heterocycles. The van der Waals surface area contributed by atoms with Gasteiger partial charge in [-0.25, -0.2) is 0 Å². The van der Waals surface area contributed by atoms with Crippen LogP contribution in [-0.2, 0) is 0 Å². The molecule has 7 heteroatoms. The van der Waals surface area contributed by atoms with E-state index in [2.05, 4.69) is 0 Å². The van der Waals surface area contributed by atoms with Gasteiger partial charge < -0.3 is 5.21 Å². The van der Waals surface area contributed by atoms with Crippen molar-refractivity contribution in [2.24, 2.45) is 0 Å². The third-order valence-electron chi connectivity index (χ3n) is 2.34. The minimum atomic E-state index is -0.404. The molecule has 0 atom stereocenters. The number of nitro groups is 1. The van der Waals surface area contributed by atoms with Crippen molar-refractivity contribution in [3.05, 3.63) is 38.3 Å². The summed E-state index contributed by atoms with van der Waals surface area (Å²) in [4.78, 5) is 11.0. The van der Waals surface area contributed by atoms with E-state index in [1.807, 2.05) is 0 Å². The van der Waals surface area contributed by atoms with Gasteiger partial charge in [-0.2, -0.15) is 4.73 Å². The van der Waals surface area contributed by atoms with Crippen LogP contribution in [0.25, 0.3) is 21.0 Å². The highest BCUT2D eigenvalue weighted by atomic mass is 32.1. The maximum atomic E-state index is 11.6. The molecular formula is C9H4N2O3S2. The zero-order valence-electron chi connectivity index (χ0n) is 7.75. The Labute approximate surface area is 96.9 Å². The van der Waals surface area contributed by atoms with Gasteiger partial charge in [0.2, 0.25) is 0 Å². The van der Waals surface area contributed by atoms with Crippen LogP contribution in [-0.4, -0.2) is 4.92 Å². The summed E-state index contributed by atoms with van der Waals surface area (Å²) >= 11 is 2.34. The van der Waals surface area contributed by atoms with E-state index >= 15 is 0 Å². The molecule has 0 aromatic carbocycles. The van der Waals surface area contributed by atoms with Gasteiger partial charge in [-0.1, -0.05) is 22.7 Å². The molecule has 0 bridgehead atoms. The summed E-state index contributed by atoms with van der Waals surface area (Å²) in [7, 11) is 0. The summed E-state index contributed by atoms with van der Waals surface area (Å²) in [5.74, 6) is 0. The molecule has 16 heavy (non-hydrogen) atoms. The van der Waals surface area contributed by atoms with E-state index in [-0.39, 0.29) is 5.00 Å². The standard InChI is InChI=1S/C9H4N2O3S2/c12-10-3-5-4-16-9(11(13)14)7(5)6-1-2-15-8(6)10/h1-4H. The molecule has 3 aromatic rings. The van der Waals surface area contributed by atoms with Gasteiger partial charge in [0.05, 0.1) is 21.1 Å². The largest absolute Gasteiger partial charge is 0.618 e. The summed E-state index contributed by atoms with van der Waals surface area (Å²) in [5, 5.41) is 27.8. The number of hydrogen-bond acceptors (Lipinski definition) is 5. The number of aromatic nitrogens is 1. The lowest BCUT2D eigenvalue weighted by Crippen LogP contribution is -2.24. The van der Waals surface area contributed by atoms with Crippen LogP contribution < -0.4 is 4.73 Å². The quantitative estimate of drug-likeness (QED) is 0.289. The second-order valence-corrected chi connectivity index (χ2v) is 4.98. The highest BCUT2D eigenvalue weighted by Crippen LogP contribution is 2.37. The van der Waals surface area contributed by atoms with Crippen molar-refractivity contribution in [3.63, 3.8) is 0 Å². The fourth-order valence-corrected chi connectivity index (χ4v) is 3.34. The molecular weight excluding hydrogens is 248 g/mol. The molecule has 0 aliphatic heterocycles. The van der Waals surface area contributed by atoms with Crippen LogP contribution >= 0.6 is 22.7 Å². The molecule has 0 saturated heterocycles. The Morgan fingerprint density at radius 3 is 2.94 bits per heavy atom. The summed E-state index contributed by atoms with van der Waals surface area (Å²) in [6.07, 6.45) is 1.39. The van der Waals surface area contributed by atoms with Gasteiger partial charge >= 0.3 is 5.00 Å². The molecule has 5 nitrogen and oxygen atoms in total. The van der Waals surface area contributed by atoms with Gasteiger partial charge in [0.15, 0.2) is 6.20 Å². The Hall–Kier alpha value is -1.73. The summed E-state index contributed by atoms with van der Waals surface area (Å²) in [6.45, 7) is 0. The van der Waals surface area contributed by atoms with Crippen molar-refractivity contribution in [1.29, 1.82) is 0 Å². The molecule has 0 radical (unpaired) electrons. The fraction of sp³-hybridized carbons (Fsp3) is 0. The van der Waals surface area contributed by atoms with Crippen LogP contribution in [0.15, 0.2) is 23.0 Å². The summed E-state index contributed by atoms with van der Waals surface area (Å²) in [6, 6.07) is 1.75. The Morgan fingerprint density at radius 2 is 2.19 bits per heavy atom. The Balaban J connectivity index is 2.59. The molecule has 0 N–H and O–H groups in total. The fourth-order valence-electron chi connectivity index (χ4n) is 1.71. The minimum Gasteiger partial charge on any atom is -0.618 e. The number of thiophene rings is 2. The second-order valence-electron chi connectivity index (χ2n) is 3.22. The average Bonchev–Trinajstić information content (AvgIpc) is 2.80. The monoisotopic (exact) mass is 252 g/mol. The number of pyridine rings is 1. The minimum absolute atomic E-state index is 0.0963. The van der Waals surface area contributed by atoms with E-state index in [1.165, 1.54) is 17.5 Å². The Bertz CT molecular complexity index is 716. The Kier molecular flexibility index (Phi) is 1.86. The van der Waals surface area contributed by atoms with Crippen LogP contribution in [0, 0.1) is 15.3 Å². The number of hydrogen-bond donors (Lipinski definition) is 0. The van der Waals surface area contributed by atoms with Crippen LogP contribution in [0.2, 0.25) is 0 Å². The van der Waals surface area contributed by atoms with E-state index in [4.69, 9.17) is 0 Å². The van der Waals surface area contributed by atoms with Crippen molar-refractivity contribution >= 4 is 48.7 Å². The van der Waals surface area contributed by atoms with Crippen molar-refractivity contribution in [3.8, 4) is 0 Å². The highest BCUT2D eigenvalue weighted by Gasteiger charge is 2.22. The van der Waals surface area contributed by atoms with Gasteiger partial charge in [-0.15, -0.1) is 0 Å². The smallest absolute Gasteiger partial charge is 0.333 e. The predicted octanol–water partition coefficient (Wildman–Crippen LogP) is 2.66. The van der Waals surface area contributed by atoms with Crippen LogP contribution in [0.4, 0.5) is 5.00 Å². The normalized spacial score (nSPS) is 11.2. The molecule has 0 spiro atoms. The van der Waals surface area contributed by atoms with Gasteiger partial charge in [0, 0.05) is 5.38 Å². The maximum Gasteiger partial charge on any atom is 0.333 e. The second kappa shape index (κ2) is 3.13. The van der Waals surface area contributed by atoms with Crippen molar-refractivity contribution in [1.82, 2.24) is 0 Å². The third kappa shape index (κ3) is 1.12. The van der Waals surface area contributed by atoms with E-state index in [0.717, 1.165) is 16.1 Å². The lowest BCUT2D eigenvalue weighted by molar-refractivity contribution is -0.573. The number of fused-ring (bicyclic) bond motifs is 3. The maximum absolute atomic E-state index is 11.6. The zero-order chi connectivity index (χ0) is 11.3. The van der Waals surface area contributed by atoms with E-state index in [1.54, 1.807) is 16.8 Å². The molecule has 0 aliphatic rings. The third-order valence-corrected chi connectivity index (χ3v) is 4.18. The van der Waals surface area contributed by atoms with Gasteiger partial charge in [0.25, 0.3) is 4.83 Å². The van der Waals surface area contributed by atoms with Gasteiger partial charge in [-0.05, 0) is 11.4 Å². The lowest BCUT2D eigenvalue weighted by atomic mass is 10.2. The van der Waals surface area contributed by atoms with Crippen molar-refractivity contribution in [2.75, 3.05) is 0 Å². The summed E-state index contributed by atoms with van der Waals surface area (Å²) in [5.41, 5.74) is 0. The predicted molar refractivity (Wildman–Crippen MR) is 62.8 cm³/mol. The van der Waals surface area contributed by atoms with E-state index in [0.29, 0.717) is 21.0 Å². The molecule has 3 rings (SSSR count). The molecule has 0 fully saturated rings. The molecule has 0 aliphatic carbocycles. The molecule has 0 saturated carbocycles. The molecule has 0 amide bonds. The van der Waals surface area contributed by atoms with E-state index in [9.17, 15) is 15.3 Å². The number of nitrogens with zero attached hydrogens (tertiary/aromatic N) is 2. The van der Waals surface area contributed by atoms with Crippen LogP contribution in [0.5, 0.6) is 0 Å². The number of rotatable bonds is 1. The lowest BCUT2D eigenvalue weighted by Gasteiger charge is -1.97. The van der Waals surface area contributed by atoms with Crippen LogP contribution in [0.1, 0.15) is 0 Å². The van der Waals surface area contributed by atoms with Crippen LogP contribution in [0.3, 0.4) is 0 Å². The van der Waals surface area contributed by atoms with Crippen molar-refractivity contribution < 1.29 is 9.65 Å². The molecule has 80 valence electrons. The first-order valence-electron chi connectivity index (χ1n) is 4.33. The average molecular weight is 252 g/mol. The Morgan fingerprint density at radius 1 is 1.38 bits per heavy atom.